The summed E-state index contributed by atoms with van der Waals surface area (Å²) in [5.74, 6) is 3.66. The van der Waals surface area contributed by atoms with Gasteiger partial charge in [0.05, 0.1) is 0 Å². The summed E-state index contributed by atoms with van der Waals surface area (Å²) in [6, 6.07) is 6.04. The second-order valence-corrected chi connectivity index (χ2v) is 9.70. The lowest BCUT2D eigenvalue weighted by atomic mass is 9.53. The molecule has 0 saturated heterocycles. The molecular weight excluding hydrogens is 336 g/mol. The molecule has 0 spiro atoms. The summed E-state index contributed by atoms with van der Waals surface area (Å²) in [5, 5.41) is 7.70. The lowest BCUT2D eigenvalue weighted by molar-refractivity contribution is -0.0127. The van der Waals surface area contributed by atoms with E-state index >= 15 is 0 Å². The standard InChI is InChI=1S/C23H28N2O2/c26-22(25-23-11-14-7-15(12-23)9-16(8-14)13-23)24-17-5-6-21-19(10-17)18-3-1-2-4-20(18)27-21/h5-6,10,14-16H,1-4,7-9,11-13H2,(H2,24,25,26). The smallest absolute Gasteiger partial charge is 0.319 e. The number of fused-ring (bicyclic) bond motifs is 3. The molecule has 1 aromatic carbocycles. The summed E-state index contributed by atoms with van der Waals surface area (Å²) in [6.07, 6.45) is 12.3. The van der Waals surface area contributed by atoms with Crippen LogP contribution >= 0.6 is 0 Å². The van der Waals surface area contributed by atoms with Crippen molar-refractivity contribution in [3.05, 3.63) is 29.5 Å². The van der Waals surface area contributed by atoms with Crippen molar-refractivity contribution < 1.29 is 9.21 Å². The Morgan fingerprint density at radius 3 is 2.44 bits per heavy atom. The van der Waals surface area contributed by atoms with E-state index in [0.29, 0.717) is 0 Å². The molecule has 4 bridgehead atoms. The molecule has 0 aliphatic heterocycles. The maximum Gasteiger partial charge on any atom is 0.319 e. The predicted molar refractivity (Wildman–Crippen MR) is 106 cm³/mol. The van der Waals surface area contributed by atoms with Crippen molar-refractivity contribution in [1.29, 1.82) is 0 Å². The number of benzene rings is 1. The molecule has 4 fully saturated rings. The van der Waals surface area contributed by atoms with Gasteiger partial charge in [0.25, 0.3) is 0 Å². The van der Waals surface area contributed by atoms with Crippen molar-refractivity contribution in [2.24, 2.45) is 17.8 Å². The molecule has 2 aromatic rings. The number of carbonyl (C=O) groups is 1. The molecule has 4 heteroatoms. The van der Waals surface area contributed by atoms with Crippen molar-refractivity contribution in [3.63, 3.8) is 0 Å². The highest BCUT2D eigenvalue weighted by molar-refractivity contribution is 5.94. The predicted octanol–water partition coefficient (Wildman–Crippen LogP) is 5.40. The molecule has 7 rings (SSSR count). The molecular formula is C23H28N2O2. The van der Waals surface area contributed by atoms with E-state index in [4.69, 9.17) is 4.42 Å². The Bertz CT molecular complexity index is 877. The van der Waals surface area contributed by atoms with Crippen LogP contribution in [0.1, 0.15) is 62.7 Å². The Kier molecular flexibility index (Phi) is 3.42. The van der Waals surface area contributed by atoms with Crippen LogP contribution in [0.15, 0.2) is 22.6 Å². The Morgan fingerprint density at radius 1 is 1.00 bits per heavy atom. The van der Waals surface area contributed by atoms with Crippen LogP contribution in [0.3, 0.4) is 0 Å². The first-order valence-electron chi connectivity index (χ1n) is 10.8. The average Bonchev–Trinajstić information content (AvgIpc) is 2.98. The van der Waals surface area contributed by atoms with Crippen LogP contribution in [0, 0.1) is 17.8 Å². The summed E-state index contributed by atoms with van der Waals surface area (Å²) in [4.78, 5) is 12.8. The van der Waals surface area contributed by atoms with Crippen LogP contribution < -0.4 is 10.6 Å². The SMILES string of the molecule is O=C(Nc1ccc2oc3c(c2c1)CCCC3)NC12CC3CC(CC(C3)C1)C2. The normalized spacial score (nSPS) is 33.9. The third kappa shape index (κ3) is 2.67. The van der Waals surface area contributed by atoms with Crippen molar-refractivity contribution in [2.75, 3.05) is 5.32 Å². The number of anilines is 1. The van der Waals surface area contributed by atoms with Gasteiger partial charge in [-0.3, -0.25) is 0 Å². The minimum atomic E-state index is -0.0336. The molecule has 2 N–H and O–H groups in total. The second-order valence-electron chi connectivity index (χ2n) is 9.70. The van der Waals surface area contributed by atoms with Crippen LogP contribution in [0.5, 0.6) is 0 Å². The lowest BCUT2D eigenvalue weighted by Gasteiger charge is -2.56. The third-order valence-corrected chi connectivity index (χ3v) is 7.63. The topological polar surface area (TPSA) is 54.3 Å². The van der Waals surface area contributed by atoms with Gasteiger partial charge in [-0.2, -0.15) is 0 Å². The van der Waals surface area contributed by atoms with Gasteiger partial charge in [-0.25, -0.2) is 4.79 Å². The Morgan fingerprint density at radius 2 is 1.70 bits per heavy atom. The van der Waals surface area contributed by atoms with Gasteiger partial charge >= 0.3 is 6.03 Å². The molecule has 4 nitrogen and oxygen atoms in total. The number of aryl methyl sites for hydroxylation is 2. The summed E-state index contributed by atoms with van der Waals surface area (Å²) < 4.78 is 6.01. The fourth-order valence-corrected chi connectivity index (χ4v) is 7.01. The minimum Gasteiger partial charge on any atom is -0.461 e. The van der Waals surface area contributed by atoms with E-state index in [0.717, 1.165) is 47.6 Å². The Labute approximate surface area is 160 Å². The molecule has 142 valence electrons. The molecule has 0 radical (unpaired) electrons. The molecule has 5 aliphatic carbocycles. The number of nitrogens with one attached hydrogen (secondary N) is 2. The van der Waals surface area contributed by atoms with Crippen LogP contribution in [0.2, 0.25) is 0 Å². The molecule has 1 aromatic heterocycles. The van der Waals surface area contributed by atoms with Gasteiger partial charge < -0.3 is 15.1 Å². The Hall–Kier alpha value is -1.97. The molecule has 27 heavy (non-hydrogen) atoms. The van der Waals surface area contributed by atoms with Gasteiger partial charge in [-0.05, 0) is 93.7 Å². The zero-order valence-electron chi connectivity index (χ0n) is 15.9. The highest BCUT2D eigenvalue weighted by Gasteiger charge is 2.51. The van der Waals surface area contributed by atoms with Crippen molar-refractivity contribution in [3.8, 4) is 0 Å². The largest absolute Gasteiger partial charge is 0.461 e. The Balaban J connectivity index is 1.21. The highest BCUT2D eigenvalue weighted by atomic mass is 16.3. The van der Waals surface area contributed by atoms with Gasteiger partial charge in [0.15, 0.2) is 0 Å². The van der Waals surface area contributed by atoms with E-state index in [9.17, 15) is 4.79 Å². The van der Waals surface area contributed by atoms with Gasteiger partial charge in [-0.15, -0.1) is 0 Å². The van der Waals surface area contributed by atoms with Gasteiger partial charge in [0, 0.05) is 28.6 Å². The number of urea groups is 1. The first-order chi connectivity index (χ1) is 13.2. The van der Waals surface area contributed by atoms with Crippen LogP contribution in [0.4, 0.5) is 10.5 Å². The number of rotatable bonds is 2. The first kappa shape index (κ1) is 16.0. The molecule has 2 amide bonds. The number of furan rings is 1. The van der Waals surface area contributed by atoms with Crippen molar-refractivity contribution in [1.82, 2.24) is 5.32 Å². The second kappa shape index (κ2) is 5.76. The van der Waals surface area contributed by atoms with Crippen LogP contribution in [-0.2, 0) is 12.8 Å². The van der Waals surface area contributed by atoms with Gasteiger partial charge in [0.1, 0.15) is 11.3 Å². The lowest BCUT2D eigenvalue weighted by Crippen LogP contribution is -2.60. The number of carbonyl (C=O) groups excluding carboxylic acids is 1. The van der Waals surface area contributed by atoms with Gasteiger partial charge in [-0.1, -0.05) is 0 Å². The fraction of sp³-hybridized carbons (Fsp3) is 0.609. The maximum absolute atomic E-state index is 12.8. The van der Waals surface area contributed by atoms with Gasteiger partial charge in [0.2, 0.25) is 0 Å². The fourth-order valence-electron chi connectivity index (χ4n) is 7.01. The molecule has 4 saturated carbocycles. The van der Waals surface area contributed by atoms with E-state index in [2.05, 4.69) is 16.7 Å². The quantitative estimate of drug-likeness (QED) is 0.749. The number of hydrogen-bond donors (Lipinski definition) is 2. The average molecular weight is 364 g/mol. The van der Waals surface area contributed by atoms with Crippen molar-refractivity contribution >= 4 is 22.7 Å². The first-order valence-corrected chi connectivity index (χ1v) is 10.8. The summed E-state index contributed by atoms with van der Waals surface area (Å²) >= 11 is 0. The van der Waals surface area contributed by atoms with Crippen LogP contribution in [-0.4, -0.2) is 11.6 Å². The summed E-state index contributed by atoms with van der Waals surface area (Å²) in [6.45, 7) is 0. The molecule has 0 atom stereocenters. The van der Waals surface area contributed by atoms with E-state index in [-0.39, 0.29) is 11.6 Å². The van der Waals surface area contributed by atoms with E-state index in [1.165, 1.54) is 62.3 Å². The zero-order chi connectivity index (χ0) is 18.0. The van der Waals surface area contributed by atoms with E-state index in [1.54, 1.807) is 0 Å². The maximum atomic E-state index is 12.8. The monoisotopic (exact) mass is 364 g/mol. The number of hydrogen-bond acceptors (Lipinski definition) is 2. The zero-order valence-corrected chi connectivity index (χ0v) is 15.9. The molecule has 0 unspecified atom stereocenters. The van der Waals surface area contributed by atoms with Crippen LogP contribution in [0.25, 0.3) is 11.0 Å². The van der Waals surface area contributed by atoms with E-state index < -0.39 is 0 Å². The molecule has 1 heterocycles. The summed E-state index contributed by atoms with van der Waals surface area (Å²) in [7, 11) is 0. The highest BCUT2D eigenvalue weighted by Crippen LogP contribution is 2.55. The van der Waals surface area contributed by atoms with E-state index in [1.807, 2.05) is 12.1 Å². The molecule has 5 aliphatic rings. The van der Waals surface area contributed by atoms with Crippen molar-refractivity contribution in [2.45, 2.75) is 69.7 Å². The summed E-state index contributed by atoms with van der Waals surface area (Å²) in [5.41, 5.74) is 3.23. The minimum absolute atomic E-state index is 0.0336. The third-order valence-electron chi connectivity index (χ3n) is 7.63. The number of amides is 2.